The van der Waals surface area contributed by atoms with Crippen LogP contribution in [0.15, 0.2) is 46.7 Å². The number of H-pyrrole nitrogens is 1. The van der Waals surface area contributed by atoms with Crippen molar-refractivity contribution in [3.8, 4) is 5.75 Å². The van der Waals surface area contributed by atoms with Crippen molar-refractivity contribution >= 4 is 33.3 Å². The van der Waals surface area contributed by atoms with Gasteiger partial charge in [0.1, 0.15) is 5.75 Å². The Bertz CT molecular complexity index is 827. The van der Waals surface area contributed by atoms with Gasteiger partial charge in [0, 0.05) is 23.0 Å². The Morgan fingerprint density at radius 1 is 1.38 bits per heavy atom. The lowest BCUT2D eigenvalue weighted by Gasteiger charge is -2.08. The number of carbonyl (C=O) groups is 1. The lowest BCUT2D eigenvalue weighted by Crippen LogP contribution is -2.20. The van der Waals surface area contributed by atoms with Gasteiger partial charge in [0.2, 0.25) is 0 Å². The van der Waals surface area contributed by atoms with Crippen molar-refractivity contribution in [2.45, 2.75) is 0 Å². The van der Waals surface area contributed by atoms with Crippen LogP contribution in [0.2, 0.25) is 0 Å². The number of anilines is 1. The average molecular weight is 301 g/mol. The largest absolute Gasteiger partial charge is 0.483 e. The van der Waals surface area contributed by atoms with E-state index in [4.69, 9.17) is 4.74 Å². The maximum absolute atomic E-state index is 11.7. The maximum atomic E-state index is 11.7. The molecule has 0 saturated carbocycles. The van der Waals surface area contributed by atoms with Crippen LogP contribution in [0.4, 0.5) is 5.13 Å². The van der Waals surface area contributed by atoms with Crippen LogP contribution in [0, 0.1) is 0 Å². The van der Waals surface area contributed by atoms with Gasteiger partial charge >= 0.3 is 0 Å². The summed E-state index contributed by atoms with van der Waals surface area (Å²) in [7, 11) is 0. The summed E-state index contributed by atoms with van der Waals surface area (Å²) in [5, 5.41) is 5.64. The number of fused-ring (bicyclic) bond motifs is 1. The number of amides is 1. The molecule has 3 aromatic rings. The number of nitrogens with zero attached hydrogens (tertiary/aromatic N) is 1. The van der Waals surface area contributed by atoms with E-state index in [0.29, 0.717) is 16.4 Å². The normalized spacial score (nSPS) is 10.5. The Morgan fingerprint density at radius 2 is 2.24 bits per heavy atom. The summed E-state index contributed by atoms with van der Waals surface area (Å²) < 4.78 is 5.46. The molecule has 0 unspecified atom stereocenters. The molecule has 0 spiro atoms. The summed E-state index contributed by atoms with van der Waals surface area (Å²) >= 11 is 1.32. The zero-order chi connectivity index (χ0) is 14.7. The monoisotopic (exact) mass is 301 g/mol. The molecule has 1 amide bonds. The fourth-order valence-corrected chi connectivity index (χ4v) is 2.42. The second-order valence-corrected chi connectivity index (χ2v) is 5.11. The predicted octanol–water partition coefficient (Wildman–Crippen LogP) is 2.00. The molecule has 0 atom stereocenters. The van der Waals surface area contributed by atoms with Crippen LogP contribution < -0.4 is 15.6 Å². The van der Waals surface area contributed by atoms with Crippen LogP contribution in [0.5, 0.6) is 5.75 Å². The first-order valence-electron chi connectivity index (χ1n) is 6.16. The molecule has 0 fully saturated rings. The second-order valence-electron chi connectivity index (χ2n) is 4.22. The van der Waals surface area contributed by atoms with Crippen LogP contribution in [-0.2, 0) is 4.79 Å². The number of aromatic amines is 1. The number of carbonyl (C=O) groups excluding carboxylic acids is 1. The average Bonchev–Trinajstić information content (AvgIpc) is 2.97. The van der Waals surface area contributed by atoms with Crippen molar-refractivity contribution in [3.63, 3.8) is 0 Å². The summed E-state index contributed by atoms with van der Waals surface area (Å²) in [5.41, 5.74) is 0.393. The number of thiazole rings is 1. The third kappa shape index (κ3) is 3.09. The third-order valence-corrected chi connectivity index (χ3v) is 3.44. The molecule has 0 aliphatic carbocycles. The highest BCUT2D eigenvalue weighted by atomic mass is 32.1. The van der Waals surface area contributed by atoms with Crippen LogP contribution in [0.3, 0.4) is 0 Å². The Labute approximate surface area is 123 Å². The number of hydrogen-bond donors (Lipinski definition) is 2. The summed E-state index contributed by atoms with van der Waals surface area (Å²) in [5.74, 6) is 0.0537. The van der Waals surface area contributed by atoms with Crippen molar-refractivity contribution in [2.75, 3.05) is 11.9 Å². The standard InChI is InChI=1S/C14H11N3O3S/c18-12-7-11(9-3-1-2-4-10(9)16-12)20-8-13(19)17-14-15-5-6-21-14/h1-7H,8H2,(H,16,18)(H,15,17,19). The molecule has 0 saturated heterocycles. The lowest BCUT2D eigenvalue weighted by atomic mass is 10.2. The maximum Gasteiger partial charge on any atom is 0.264 e. The summed E-state index contributed by atoms with van der Waals surface area (Å²) in [6, 6.07) is 8.58. The SMILES string of the molecule is O=C(COc1cc(=O)[nH]c2ccccc12)Nc1nccs1. The number of ether oxygens (including phenoxy) is 1. The number of aromatic nitrogens is 2. The highest BCUT2D eigenvalue weighted by molar-refractivity contribution is 7.13. The van der Waals surface area contributed by atoms with Crippen molar-refractivity contribution < 1.29 is 9.53 Å². The Balaban J connectivity index is 1.76. The number of hydrogen-bond acceptors (Lipinski definition) is 5. The van der Waals surface area contributed by atoms with Gasteiger partial charge in [-0.25, -0.2) is 4.98 Å². The molecular weight excluding hydrogens is 290 g/mol. The van der Waals surface area contributed by atoms with Gasteiger partial charge in [-0.1, -0.05) is 12.1 Å². The Morgan fingerprint density at radius 3 is 3.05 bits per heavy atom. The first-order chi connectivity index (χ1) is 10.2. The number of benzene rings is 1. The molecule has 1 aromatic carbocycles. The van der Waals surface area contributed by atoms with Gasteiger partial charge < -0.3 is 9.72 Å². The Kier molecular flexibility index (Phi) is 3.65. The van der Waals surface area contributed by atoms with Gasteiger partial charge in [-0.05, 0) is 12.1 Å². The van der Waals surface area contributed by atoms with Gasteiger partial charge in [0.05, 0.1) is 5.52 Å². The number of para-hydroxylation sites is 1. The molecule has 3 rings (SSSR count). The second kappa shape index (κ2) is 5.76. The molecule has 2 aromatic heterocycles. The fraction of sp³-hybridized carbons (Fsp3) is 0.0714. The third-order valence-electron chi connectivity index (χ3n) is 2.75. The highest BCUT2D eigenvalue weighted by Gasteiger charge is 2.08. The summed E-state index contributed by atoms with van der Waals surface area (Å²) in [4.78, 5) is 30.0. The van der Waals surface area contributed by atoms with Crippen molar-refractivity contribution in [3.05, 3.63) is 52.3 Å². The highest BCUT2D eigenvalue weighted by Crippen LogP contribution is 2.21. The minimum Gasteiger partial charge on any atom is -0.483 e. The van der Waals surface area contributed by atoms with Crippen LogP contribution in [-0.4, -0.2) is 22.5 Å². The van der Waals surface area contributed by atoms with E-state index in [1.807, 2.05) is 18.2 Å². The van der Waals surface area contributed by atoms with Gasteiger partial charge in [0.25, 0.3) is 11.5 Å². The zero-order valence-corrected chi connectivity index (χ0v) is 11.6. The zero-order valence-electron chi connectivity index (χ0n) is 10.8. The lowest BCUT2D eigenvalue weighted by molar-refractivity contribution is -0.118. The van der Waals surface area contributed by atoms with Crippen molar-refractivity contribution in [2.24, 2.45) is 0 Å². The number of rotatable bonds is 4. The molecular formula is C14H11N3O3S. The molecule has 0 aliphatic heterocycles. The minimum absolute atomic E-state index is 0.187. The number of nitrogens with one attached hydrogen (secondary N) is 2. The van der Waals surface area contributed by atoms with E-state index in [2.05, 4.69) is 15.3 Å². The van der Waals surface area contributed by atoms with Crippen LogP contribution >= 0.6 is 11.3 Å². The molecule has 7 heteroatoms. The van der Waals surface area contributed by atoms with Gasteiger partial charge in [0.15, 0.2) is 11.7 Å². The molecule has 0 bridgehead atoms. The summed E-state index contributed by atoms with van der Waals surface area (Å²) in [6.07, 6.45) is 1.60. The molecule has 21 heavy (non-hydrogen) atoms. The number of pyridine rings is 1. The van der Waals surface area contributed by atoms with E-state index in [1.165, 1.54) is 17.4 Å². The van der Waals surface area contributed by atoms with Gasteiger partial charge in [-0.2, -0.15) is 0 Å². The molecule has 2 heterocycles. The molecule has 6 nitrogen and oxygen atoms in total. The van der Waals surface area contributed by atoms with E-state index < -0.39 is 0 Å². The topological polar surface area (TPSA) is 84.1 Å². The smallest absolute Gasteiger partial charge is 0.264 e. The van der Waals surface area contributed by atoms with E-state index in [-0.39, 0.29) is 18.1 Å². The molecule has 0 aliphatic rings. The van der Waals surface area contributed by atoms with Crippen LogP contribution in [0.25, 0.3) is 10.9 Å². The summed E-state index contributed by atoms with van der Waals surface area (Å²) in [6.45, 7) is -0.187. The van der Waals surface area contributed by atoms with E-state index in [1.54, 1.807) is 17.6 Å². The predicted molar refractivity (Wildman–Crippen MR) is 80.8 cm³/mol. The molecule has 106 valence electrons. The first kappa shape index (κ1) is 13.3. The fourth-order valence-electron chi connectivity index (χ4n) is 1.88. The Hall–Kier alpha value is -2.67. The van der Waals surface area contributed by atoms with E-state index >= 15 is 0 Å². The minimum atomic E-state index is -0.325. The molecule has 2 N–H and O–H groups in total. The first-order valence-corrected chi connectivity index (χ1v) is 7.04. The quantitative estimate of drug-likeness (QED) is 0.772. The van der Waals surface area contributed by atoms with E-state index in [0.717, 1.165) is 5.39 Å². The van der Waals surface area contributed by atoms with Gasteiger partial charge in [-0.3, -0.25) is 14.9 Å². The van der Waals surface area contributed by atoms with Crippen LogP contribution in [0.1, 0.15) is 0 Å². The molecule has 0 radical (unpaired) electrons. The van der Waals surface area contributed by atoms with Crippen molar-refractivity contribution in [1.82, 2.24) is 9.97 Å². The van der Waals surface area contributed by atoms with E-state index in [9.17, 15) is 9.59 Å². The van der Waals surface area contributed by atoms with Crippen molar-refractivity contribution in [1.29, 1.82) is 0 Å². The van der Waals surface area contributed by atoms with Gasteiger partial charge in [-0.15, -0.1) is 11.3 Å².